The monoisotopic (exact) mass is 1250 g/mol. The van der Waals surface area contributed by atoms with Gasteiger partial charge in [0.15, 0.2) is 6.29 Å². The lowest BCUT2D eigenvalue weighted by Crippen LogP contribution is -2.60. The molecule has 11 nitrogen and oxygen atoms in total. The number of allylic oxidation sites excluding steroid dienone is 2. The molecular formula is C77H151NO10. The number of hydrogen-bond donors (Lipinski definition) is 8. The second-order valence-corrected chi connectivity index (χ2v) is 27.8. The van der Waals surface area contributed by atoms with Crippen LogP contribution in [-0.4, -0.2) is 110 Å². The second-order valence-electron chi connectivity index (χ2n) is 27.8. The molecule has 0 radical (unpaired) electrons. The van der Waals surface area contributed by atoms with Crippen LogP contribution in [0.2, 0.25) is 0 Å². The molecule has 1 aliphatic rings. The zero-order valence-electron chi connectivity index (χ0n) is 58.3. The molecular weight excluding hydrogens is 1100 g/mol. The lowest BCUT2D eigenvalue weighted by atomic mass is 9.98. The summed E-state index contributed by atoms with van der Waals surface area (Å²) in [5.41, 5.74) is 0. The van der Waals surface area contributed by atoms with Gasteiger partial charge in [-0.05, 0) is 38.5 Å². The highest BCUT2D eigenvalue weighted by Gasteiger charge is 2.44. The normalized spacial score (nSPS) is 18.6. The number of hydrogen-bond acceptors (Lipinski definition) is 10. The first-order chi connectivity index (χ1) is 43.2. The number of rotatable bonds is 70. The third-order valence-corrected chi connectivity index (χ3v) is 19.3. The van der Waals surface area contributed by atoms with Crippen LogP contribution in [-0.2, 0) is 14.3 Å². The fraction of sp³-hybridized carbons (Fsp3) is 0.961. The summed E-state index contributed by atoms with van der Waals surface area (Å²) in [5, 5.41) is 76.6. The maximum absolute atomic E-state index is 13.3. The number of amides is 1. The Bertz CT molecular complexity index is 1440. The molecule has 0 aromatic rings. The summed E-state index contributed by atoms with van der Waals surface area (Å²) < 4.78 is 11.2. The van der Waals surface area contributed by atoms with Crippen molar-refractivity contribution in [3.05, 3.63) is 12.2 Å². The van der Waals surface area contributed by atoms with E-state index in [9.17, 15) is 40.5 Å². The Balaban J connectivity index is 2.14. The summed E-state index contributed by atoms with van der Waals surface area (Å²) in [7, 11) is 0. The Kier molecular flexibility index (Phi) is 63.5. The molecule has 0 aromatic carbocycles. The number of carbonyl (C=O) groups is 1. The molecule has 11 heteroatoms. The van der Waals surface area contributed by atoms with Crippen LogP contribution in [0.5, 0.6) is 0 Å². The van der Waals surface area contributed by atoms with Gasteiger partial charge in [-0.15, -0.1) is 0 Å². The maximum Gasteiger partial charge on any atom is 0.249 e. The van der Waals surface area contributed by atoms with Gasteiger partial charge in [-0.1, -0.05) is 379 Å². The first kappa shape index (κ1) is 84.9. The number of unbranched alkanes of at least 4 members (excludes halogenated alkanes) is 56. The molecule has 1 saturated heterocycles. The predicted octanol–water partition coefficient (Wildman–Crippen LogP) is 19.8. The summed E-state index contributed by atoms with van der Waals surface area (Å²) >= 11 is 0. The Morgan fingerprint density at radius 1 is 0.386 bits per heavy atom. The smallest absolute Gasteiger partial charge is 0.249 e. The molecule has 9 atom stereocenters. The highest BCUT2D eigenvalue weighted by atomic mass is 16.7. The average molecular weight is 1250 g/mol. The van der Waals surface area contributed by atoms with Gasteiger partial charge >= 0.3 is 0 Å². The minimum absolute atomic E-state index is 0.260. The van der Waals surface area contributed by atoms with Crippen molar-refractivity contribution in [1.82, 2.24) is 5.32 Å². The summed E-state index contributed by atoms with van der Waals surface area (Å²) in [5.74, 6) is -0.696. The Labute approximate surface area is 544 Å². The minimum Gasteiger partial charge on any atom is -0.394 e. The lowest BCUT2D eigenvalue weighted by Gasteiger charge is -2.40. The highest BCUT2D eigenvalue weighted by molar-refractivity contribution is 5.80. The number of nitrogens with one attached hydrogen (secondary N) is 1. The molecule has 1 fully saturated rings. The topological polar surface area (TPSA) is 189 Å². The van der Waals surface area contributed by atoms with Gasteiger partial charge in [-0.3, -0.25) is 4.79 Å². The van der Waals surface area contributed by atoms with Crippen molar-refractivity contribution in [3.63, 3.8) is 0 Å². The maximum atomic E-state index is 13.3. The molecule has 1 rings (SSSR count). The van der Waals surface area contributed by atoms with E-state index in [1.807, 2.05) is 0 Å². The Morgan fingerprint density at radius 3 is 0.977 bits per heavy atom. The van der Waals surface area contributed by atoms with E-state index in [1.54, 1.807) is 0 Å². The number of ether oxygens (including phenoxy) is 2. The molecule has 0 saturated carbocycles. The SMILES string of the molecule is CCCCCCCCCCCCCCCCCCCCCCCC/C=C/CCCC(O)C(O)C(COC1OC(CO)C(O)C(O)C1O)NC(=O)C(O)CCCCCCCCCCCCCCCCCCCCCCCCCCCCCCCCCCCC. The average Bonchev–Trinajstić information content (AvgIpc) is 3.73. The molecule has 0 bridgehead atoms. The van der Waals surface area contributed by atoms with Gasteiger partial charge in [0.1, 0.15) is 36.6 Å². The first-order valence-electron chi connectivity index (χ1n) is 39.1. The summed E-state index contributed by atoms with van der Waals surface area (Å²) in [6.45, 7) is 3.52. The van der Waals surface area contributed by atoms with Gasteiger partial charge in [0.25, 0.3) is 0 Å². The first-order valence-corrected chi connectivity index (χ1v) is 39.1. The van der Waals surface area contributed by atoms with Crippen molar-refractivity contribution < 1.29 is 50.0 Å². The number of aliphatic hydroxyl groups is 7. The van der Waals surface area contributed by atoms with Crippen LogP contribution in [0.25, 0.3) is 0 Å². The molecule has 0 spiro atoms. The highest BCUT2D eigenvalue weighted by Crippen LogP contribution is 2.24. The number of carbonyl (C=O) groups excluding carboxylic acids is 1. The predicted molar refractivity (Wildman–Crippen MR) is 372 cm³/mol. The fourth-order valence-electron chi connectivity index (χ4n) is 13.1. The molecule has 524 valence electrons. The van der Waals surface area contributed by atoms with Crippen LogP contribution < -0.4 is 5.32 Å². The van der Waals surface area contributed by atoms with Gasteiger partial charge in [0, 0.05) is 0 Å². The standard InChI is InChI=1S/C77H151NO10/c1-3-5-7-9-11-13-15-17-19-21-23-25-27-29-31-32-33-34-35-36-37-39-41-43-45-47-49-51-53-55-57-59-61-63-65-70(81)76(86)78-68(67-87-77-75(85)74(84)73(83)71(66-79)88-77)72(82)69(80)64-62-60-58-56-54-52-50-48-46-44-42-40-38-30-28-26-24-22-20-18-16-14-12-10-8-6-4-2/h56,58,68-75,77,79-85H,3-55,57,59-67H2,1-2H3,(H,78,86)/b58-56+. The van der Waals surface area contributed by atoms with Gasteiger partial charge in [0.05, 0.1) is 25.4 Å². The van der Waals surface area contributed by atoms with Crippen molar-refractivity contribution in [2.45, 2.75) is 461 Å². The van der Waals surface area contributed by atoms with Crippen molar-refractivity contribution in [2.24, 2.45) is 0 Å². The van der Waals surface area contributed by atoms with Gasteiger partial charge in [-0.25, -0.2) is 0 Å². The largest absolute Gasteiger partial charge is 0.394 e. The van der Waals surface area contributed by atoms with Crippen LogP contribution in [0.1, 0.15) is 406 Å². The van der Waals surface area contributed by atoms with E-state index >= 15 is 0 Å². The summed E-state index contributed by atoms with van der Waals surface area (Å²) in [6.07, 6.45) is 71.9. The van der Waals surface area contributed by atoms with Gasteiger partial charge < -0.3 is 50.5 Å². The van der Waals surface area contributed by atoms with Gasteiger partial charge in [0.2, 0.25) is 5.91 Å². The summed E-state index contributed by atoms with van der Waals surface area (Å²) in [4.78, 5) is 13.3. The Hall–Kier alpha value is -1.15. The van der Waals surface area contributed by atoms with Crippen LogP contribution in [0.3, 0.4) is 0 Å². The molecule has 0 aliphatic carbocycles. The summed E-state index contributed by atoms with van der Waals surface area (Å²) in [6, 6.07) is -1.18. The molecule has 88 heavy (non-hydrogen) atoms. The van der Waals surface area contributed by atoms with Crippen molar-refractivity contribution >= 4 is 5.91 Å². The molecule has 1 amide bonds. The second kappa shape index (κ2) is 65.9. The van der Waals surface area contributed by atoms with E-state index in [1.165, 1.54) is 334 Å². The van der Waals surface area contributed by atoms with Crippen molar-refractivity contribution in [1.29, 1.82) is 0 Å². The van der Waals surface area contributed by atoms with E-state index in [2.05, 4.69) is 31.3 Å². The molecule has 1 heterocycles. The van der Waals surface area contributed by atoms with Crippen LogP contribution in [0, 0.1) is 0 Å². The fourth-order valence-corrected chi connectivity index (χ4v) is 13.1. The van der Waals surface area contributed by atoms with Gasteiger partial charge in [-0.2, -0.15) is 0 Å². The third-order valence-electron chi connectivity index (χ3n) is 19.3. The van der Waals surface area contributed by atoms with E-state index in [0.29, 0.717) is 12.8 Å². The van der Waals surface area contributed by atoms with E-state index < -0.39 is 74.2 Å². The van der Waals surface area contributed by atoms with Crippen LogP contribution in [0.15, 0.2) is 12.2 Å². The number of aliphatic hydroxyl groups excluding tert-OH is 7. The molecule has 9 unspecified atom stereocenters. The van der Waals surface area contributed by atoms with E-state index in [0.717, 1.165) is 32.1 Å². The lowest BCUT2D eigenvalue weighted by molar-refractivity contribution is -0.303. The van der Waals surface area contributed by atoms with E-state index in [-0.39, 0.29) is 12.8 Å². The Morgan fingerprint density at radius 2 is 0.670 bits per heavy atom. The zero-order chi connectivity index (χ0) is 63.9. The van der Waals surface area contributed by atoms with E-state index in [4.69, 9.17) is 9.47 Å². The van der Waals surface area contributed by atoms with Crippen LogP contribution in [0.4, 0.5) is 0 Å². The molecule has 8 N–H and O–H groups in total. The van der Waals surface area contributed by atoms with Crippen molar-refractivity contribution in [2.75, 3.05) is 13.2 Å². The molecule has 1 aliphatic heterocycles. The minimum atomic E-state index is -1.67. The molecule has 0 aromatic heterocycles. The quantitative estimate of drug-likeness (QED) is 0.0215. The zero-order valence-corrected chi connectivity index (χ0v) is 58.3. The third kappa shape index (κ3) is 52.3. The van der Waals surface area contributed by atoms with Crippen molar-refractivity contribution in [3.8, 4) is 0 Å². The van der Waals surface area contributed by atoms with Crippen LogP contribution >= 0.6 is 0 Å².